The largest absolute Gasteiger partial charge is 0.480 e. The topological polar surface area (TPSA) is 38.8 Å². The number of amides is 1. The van der Waals surface area contributed by atoms with E-state index >= 15 is 0 Å². The van der Waals surface area contributed by atoms with E-state index in [2.05, 4.69) is 6.07 Å². The van der Waals surface area contributed by atoms with Crippen molar-refractivity contribution in [3.8, 4) is 5.75 Å². The number of rotatable bonds is 4. The number of hydrogen-bond donors (Lipinski definition) is 0. The number of nitrogens with zero attached hydrogens (tertiary/aromatic N) is 1. The third kappa shape index (κ3) is 3.23. The lowest BCUT2D eigenvalue weighted by Crippen LogP contribution is -2.47. The van der Waals surface area contributed by atoms with Crippen LogP contribution in [0.2, 0.25) is 0 Å². The molecule has 0 aromatic heterocycles. The van der Waals surface area contributed by atoms with Crippen LogP contribution in [0.1, 0.15) is 13.3 Å². The highest BCUT2D eigenvalue weighted by atomic mass is 16.5. The Kier molecular flexibility index (Phi) is 4.59. The Morgan fingerprint density at radius 2 is 2.28 bits per heavy atom. The van der Waals surface area contributed by atoms with Crippen LogP contribution in [0.3, 0.4) is 0 Å². The van der Waals surface area contributed by atoms with Crippen LogP contribution in [0, 0.1) is 6.07 Å². The van der Waals surface area contributed by atoms with Crippen molar-refractivity contribution in [1.82, 2.24) is 4.90 Å². The highest BCUT2D eigenvalue weighted by Gasteiger charge is 2.25. The molecule has 1 fully saturated rings. The van der Waals surface area contributed by atoms with E-state index in [1.165, 1.54) is 0 Å². The maximum absolute atomic E-state index is 12.3. The van der Waals surface area contributed by atoms with Gasteiger partial charge in [0.05, 0.1) is 13.2 Å². The van der Waals surface area contributed by atoms with Gasteiger partial charge in [-0.25, -0.2) is 0 Å². The second kappa shape index (κ2) is 6.40. The van der Waals surface area contributed by atoms with E-state index in [0.717, 1.165) is 0 Å². The van der Waals surface area contributed by atoms with Gasteiger partial charge in [0.25, 0.3) is 5.91 Å². The summed E-state index contributed by atoms with van der Waals surface area (Å²) in [6.45, 7) is 4.47. The molecule has 1 amide bonds. The minimum Gasteiger partial charge on any atom is -0.480 e. The summed E-state index contributed by atoms with van der Waals surface area (Å²) in [6.07, 6.45) is 0.223. The van der Waals surface area contributed by atoms with Crippen molar-refractivity contribution in [2.24, 2.45) is 0 Å². The van der Waals surface area contributed by atoms with Gasteiger partial charge in [-0.1, -0.05) is 25.1 Å². The Morgan fingerprint density at radius 3 is 2.89 bits per heavy atom. The van der Waals surface area contributed by atoms with Gasteiger partial charge < -0.3 is 14.4 Å². The first-order valence-corrected chi connectivity index (χ1v) is 6.31. The second-order valence-corrected chi connectivity index (χ2v) is 4.18. The van der Waals surface area contributed by atoms with Crippen molar-refractivity contribution in [2.75, 3.05) is 26.3 Å². The Bertz CT molecular complexity index is 374. The molecule has 0 saturated carbocycles. The molecule has 1 saturated heterocycles. The molecule has 1 aromatic carbocycles. The molecule has 4 nitrogen and oxygen atoms in total. The number of carbonyl (C=O) groups is 1. The fourth-order valence-corrected chi connectivity index (χ4v) is 1.90. The van der Waals surface area contributed by atoms with Gasteiger partial charge in [-0.2, -0.15) is 0 Å². The average molecular weight is 248 g/mol. The zero-order chi connectivity index (χ0) is 12.8. The van der Waals surface area contributed by atoms with Crippen molar-refractivity contribution >= 4 is 5.91 Å². The van der Waals surface area contributed by atoms with Crippen LogP contribution < -0.4 is 4.74 Å². The number of ether oxygens (including phenoxy) is 2. The van der Waals surface area contributed by atoms with Crippen molar-refractivity contribution < 1.29 is 14.3 Å². The van der Waals surface area contributed by atoms with Crippen LogP contribution in [0.25, 0.3) is 0 Å². The molecule has 0 N–H and O–H groups in total. The Balaban J connectivity index is 1.97. The highest BCUT2D eigenvalue weighted by Crippen LogP contribution is 2.14. The SMILES string of the molecule is CCC(Oc1[c]cccc1)C(=O)N1CCOCC1. The van der Waals surface area contributed by atoms with Gasteiger partial charge in [0, 0.05) is 19.2 Å². The molecule has 1 aliphatic heterocycles. The zero-order valence-electron chi connectivity index (χ0n) is 10.6. The smallest absolute Gasteiger partial charge is 0.263 e. The van der Waals surface area contributed by atoms with E-state index in [9.17, 15) is 4.79 Å². The first kappa shape index (κ1) is 12.9. The Morgan fingerprint density at radius 1 is 1.50 bits per heavy atom. The molecule has 0 aliphatic carbocycles. The quantitative estimate of drug-likeness (QED) is 0.810. The number of carbonyl (C=O) groups excluding carboxylic acids is 1. The lowest BCUT2D eigenvalue weighted by atomic mass is 10.2. The van der Waals surface area contributed by atoms with Crippen LogP contribution in [-0.4, -0.2) is 43.2 Å². The van der Waals surface area contributed by atoms with Gasteiger partial charge in [0.1, 0.15) is 5.75 Å². The van der Waals surface area contributed by atoms with Crippen molar-refractivity contribution in [3.63, 3.8) is 0 Å². The van der Waals surface area contributed by atoms with Gasteiger partial charge >= 0.3 is 0 Å². The third-order valence-electron chi connectivity index (χ3n) is 2.92. The van der Waals surface area contributed by atoms with E-state index in [1.54, 1.807) is 11.0 Å². The van der Waals surface area contributed by atoms with E-state index in [1.807, 2.05) is 25.1 Å². The third-order valence-corrected chi connectivity index (χ3v) is 2.92. The highest BCUT2D eigenvalue weighted by molar-refractivity contribution is 5.81. The van der Waals surface area contributed by atoms with E-state index in [-0.39, 0.29) is 5.91 Å². The molecule has 1 aliphatic rings. The molecule has 2 rings (SSSR count). The summed E-state index contributed by atoms with van der Waals surface area (Å²) >= 11 is 0. The number of hydrogen-bond acceptors (Lipinski definition) is 3. The summed E-state index contributed by atoms with van der Waals surface area (Å²) in [6, 6.07) is 10.3. The minimum absolute atomic E-state index is 0.0399. The summed E-state index contributed by atoms with van der Waals surface area (Å²) < 4.78 is 10.9. The predicted octanol–water partition coefficient (Wildman–Crippen LogP) is 1.50. The molecule has 4 heteroatoms. The summed E-state index contributed by atoms with van der Waals surface area (Å²) in [7, 11) is 0. The molecule has 0 spiro atoms. The first-order chi connectivity index (χ1) is 8.81. The second-order valence-electron chi connectivity index (χ2n) is 4.18. The molecule has 18 heavy (non-hydrogen) atoms. The van der Waals surface area contributed by atoms with Crippen molar-refractivity contribution in [2.45, 2.75) is 19.4 Å². The van der Waals surface area contributed by atoms with Crippen LogP contribution in [0.5, 0.6) is 5.75 Å². The molecule has 1 unspecified atom stereocenters. The van der Waals surface area contributed by atoms with Gasteiger partial charge in [-0.05, 0) is 12.5 Å². The average Bonchev–Trinajstić information content (AvgIpc) is 2.46. The van der Waals surface area contributed by atoms with Crippen molar-refractivity contribution in [3.05, 3.63) is 30.3 Å². The zero-order valence-corrected chi connectivity index (χ0v) is 10.6. The molecule has 1 atom stereocenters. The van der Waals surface area contributed by atoms with Crippen LogP contribution in [0.15, 0.2) is 24.3 Å². The summed E-state index contributed by atoms with van der Waals surface area (Å²) in [5.41, 5.74) is 0. The Labute approximate surface area is 107 Å². The van der Waals surface area contributed by atoms with Crippen molar-refractivity contribution in [1.29, 1.82) is 0 Å². The van der Waals surface area contributed by atoms with Crippen LogP contribution in [0.4, 0.5) is 0 Å². The molecular weight excluding hydrogens is 230 g/mol. The normalized spacial score (nSPS) is 17.3. The van der Waals surface area contributed by atoms with Crippen LogP contribution in [-0.2, 0) is 9.53 Å². The Hall–Kier alpha value is -1.55. The van der Waals surface area contributed by atoms with Gasteiger partial charge in [-0.3, -0.25) is 4.79 Å². The standard InChI is InChI=1S/C14H18NO3/c1-2-13(18-12-6-4-3-5-7-12)14(16)15-8-10-17-11-9-15/h3-6,13H,2,8-11H2,1H3. The summed E-state index contributed by atoms with van der Waals surface area (Å²) in [5.74, 6) is 0.656. The number of morpholine rings is 1. The maximum Gasteiger partial charge on any atom is 0.263 e. The molecule has 1 aromatic rings. The van der Waals surface area contributed by atoms with Gasteiger partial charge in [0.2, 0.25) is 0 Å². The molecule has 1 heterocycles. The summed E-state index contributed by atoms with van der Waals surface area (Å²) in [4.78, 5) is 14.1. The van der Waals surface area contributed by atoms with E-state index < -0.39 is 6.10 Å². The molecular formula is C14H18NO3. The minimum atomic E-state index is -0.429. The van der Waals surface area contributed by atoms with E-state index in [4.69, 9.17) is 9.47 Å². The maximum atomic E-state index is 12.3. The lowest BCUT2D eigenvalue weighted by molar-refractivity contribution is -0.142. The van der Waals surface area contributed by atoms with Gasteiger partial charge in [-0.15, -0.1) is 0 Å². The van der Waals surface area contributed by atoms with Crippen LogP contribution >= 0.6 is 0 Å². The number of benzene rings is 1. The molecule has 0 bridgehead atoms. The molecule has 97 valence electrons. The number of para-hydroxylation sites is 1. The first-order valence-electron chi connectivity index (χ1n) is 6.31. The fourth-order valence-electron chi connectivity index (χ4n) is 1.90. The monoisotopic (exact) mass is 248 g/mol. The summed E-state index contributed by atoms with van der Waals surface area (Å²) in [5, 5.41) is 0. The van der Waals surface area contributed by atoms with E-state index in [0.29, 0.717) is 38.5 Å². The lowest BCUT2D eigenvalue weighted by Gasteiger charge is -2.30. The van der Waals surface area contributed by atoms with Gasteiger partial charge in [0.15, 0.2) is 6.10 Å². The fraction of sp³-hybridized carbons (Fsp3) is 0.500. The molecule has 1 radical (unpaired) electrons. The predicted molar refractivity (Wildman–Crippen MR) is 67.4 cm³/mol.